The molecular formula is C20H30N2O3S. The third-order valence-electron chi connectivity index (χ3n) is 5.72. The maximum atomic E-state index is 12.4. The largest absolute Gasteiger partial charge is 0.349 e. The van der Waals surface area contributed by atoms with Crippen molar-refractivity contribution in [2.45, 2.75) is 57.4 Å². The van der Waals surface area contributed by atoms with Gasteiger partial charge in [0.05, 0.1) is 6.26 Å². The molecule has 1 aliphatic carbocycles. The Balaban J connectivity index is 1.49. The highest BCUT2D eigenvalue weighted by atomic mass is 32.2. The van der Waals surface area contributed by atoms with Gasteiger partial charge in [0.15, 0.2) is 0 Å². The first-order valence-corrected chi connectivity index (χ1v) is 11.6. The number of nitrogens with zero attached hydrogens (tertiary/aromatic N) is 1. The molecule has 0 spiro atoms. The number of benzene rings is 1. The Morgan fingerprint density at radius 1 is 1.04 bits per heavy atom. The van der Waals surface area contributed by atoms with Crippen molar-refractivity contribution in [3.05, 3.63) is 35.4 Å². The molecule has 2 aliphatic rings. The molecular weight excluding hydrogens is 348 g/mol. The van der Waals surface area contributed by atoms with Crippen LogP contribution in [-0.2, 0) is 16.4 Å². The summed E-state index contributed by atoms with van der Waals surface area (Å²) in [4.78, 5) is 12.4. The summed E-state index contributed by atoms with van der Waals surface area (Å²) in [6.45, 7) is 1.23. The van der Waals surface area contributed by atoms with Crippen molar-refractivity contribution in [3.63, 3.8) is 0 Å². The molecule has 1 amide bonds. The third kappa shape index (κ3) is 5.30. The van der Waals surface area contributed by atoms with E-state index in [1.54, 1.807) is 4.31 Å². The van der Waals surface area contributed by atoms with E-state index in [4.69, 9.17) is 0 Å². The zero-order valence-electron chi connectivity index (χ0n) is 15.6. The van der Waals surface area contributed by atoms with Gasteiger partial charge in [0.25, 0.3) is 5.91 Å². The number of amides is 1. The van der Waals surface area contributed by atoms with Crippen LogP contribution in [-0.4, -0.2) is 44.0 Å². The SMILES string of the molecule is CS(=O)(=O)N1CCC(Cc2ccc(C(=O)NC3CCCCC3)cc2)CC1. The van der Waals surface area contributed by atoms with Crippen molar-refractivity contribution < 1.29 is 13.2 Å². The van der Waals surface area contributed by atoms with Crippen LogP contribution >= 0.6 is 0 Å². The molecule has 26 heavy (non-hydrogen) atoms. The average Bonchev–Trinajstić information content (AvgIpc) is 2.63. The van der Waals surface area contributed by atoms with Crippen LogP contribution in [0, 0.1) is 5.92 Å². The lowest BCUT2D eigenvalue weighted by molar-refractivity contribution is 0.0927. The van der Waals surface area contributed by atoms with Crippen molar-refractivity contribution in [3.8, 4) is 0 Å². The molecule has 2 fully saturated rings. The van der Waals surface area contributed by atoms with E-state index < -0.39 is 10.0 Å². The lowest BCUT2D eigenvalue weighted by atomic mass is 9.90. The minimum absolute atomic E-state index is 0.0323. The van der Waals surface area contributed by atoms with Crippen LogP contribution in [0.4, 0.5) is 0 Å². The van der Waals surface area contributed by atoms with E-state index in [2.05, 4.69) is 5.32 Å². The number of piperidine rings is 1. The average molecular weight is 379 g/mol. The fraction of sp³-hybridized carbons (Fsp3) is 0.650. The predicted octanol–water partition coefficient (Wildman–Crippen LogP) is 2.96. The van der Waals surface area contributed by atoms with Gasteiger partial charge in [-0.1, -0.05) is 31.4 Å². The van der Waals surface area contributed by atoms with Crippen LogP contribution in [0.5, 0.6) is 0 Å². The van der Waals surface area contributed by atoms with Crippen molar-refractivity contribution in [1.29, 1.82) is 0 Å². The Morgan fingerprint density at radius 2 is 1.65 bits per heavy atom. The van der Waals surface area contributed by atoms with Crippen LogP contribution in [0.25, 0.3) is 0 Å². The Morgan fingerprint density at radius 3 is 2.23 bits per heavy atom. The molecule has 1 heterocycles. The fourth-order valence-electron chi connectivity index (χ4n) is 4.09. The standard InChI is InChI=1S/C20H30N2O3S/c1-26(24,25)22-13-11-17(12-14-22)15-16-7-9-18(10-8-16)20(23)21-19-5-3-2-4-6-19/h7-10,17,19H,2-6,11-15H2,1H3,(H,21,23). The van der Waals surface area contributed by atoms with Crippen molar-refractivity contribution >= 4 is 15.9 Å². The second-order valence-electron chi connectivity index (χ2n) is 7.81. The third-order valence-corrected chi connectivity index (χ3v) is 7.03. The first kappa shape index (κ1) is 19.4. The van der Waals surface area contributed by atoms with Gasteiger partial charge in [0, 0.05) is 24.7 Å². The molecule has 0 aromatic heterocycles. The summed E-state index contributed by atoms with van der Waals surface area (Å²) < 4.78 is 24.7. The van der Waals surface area contributed by atoms with Gasteiger partial charge in [-0.2, -0.15) is 0 Å². The summed E-state index contributed by atoms with van der Waals surface area (Å²) in [6, 6.07) is 8.24. The van der Waals surface area contributed by atoms with E-state index >= 15 is 0 Å². The lowest BCUT2D eigenvalue weighted by Gasteiger charge is -2.30. The van der Waals surface area contributed by atoms with Gasteiger partial charge in [0.2, 0.25) is 10.0 Å². The van der Waals surface area contributed by atoms with E-state index in [1.807, 2.05) is 24.3 Å². The lowest BCUT2D eigenvalue weighted by Crippen LogP contribution is -2.38. The molecule has 1 N–H and O–H groups in total. The van der Waals surface area contributed by atoms with Crippen LogP contribution in [0.3, 0.4) is 0 Å². The second-order valence-corrected chi connectivity index (χ2v) is 9.80. The molecule has 1 aromatic carbocycles. The number of rotatable bonds is 5. The number of hydrogen-bond donors (Lipinski definition) is 1. The first-order valence-electron chi connectivity index (χ1n) is 9.77. The first-order chi connectivity index (χ1) is 12.4. The van der Waals surface area contributed by atoms with E-state index in [9.17, 15) is 13.2 Å². The van der Waals surface area contributed by atoms with E-state index in [1.165, 1.54) is 31.1 Å². The van der Waals surface area contributed by atoms with Crippen LogP contribution < -0.4 is 5.32 Å². The van der Waals surface area contributed by atoms with Crippen molar-refractivity contribution in [2.75, 3.05) is 19.3 Å². The van der Waals surface area contributed by atoms with Gasteiger partial charge in [-0.15, -0.1) is 0 Å². The van der Waals surface area contributed by atoms with Crippen molar-refractivity contribution in [1.82, 2.24) is 9.62 Å². The maximum Gasteiger partial charge on any atom is 0.251 e. The van der Waals surface area contributed by atoms with Gasteiger partial charge in [0.1, 0.15) is 0 Å². The van der Waals surface area contributed by atoms with Crippen molar-refractivity contribution in [2.24, 2.45) is 5.92 Å². The Labute approximate surface area is 157 Å². The summed E-state index contributed by atoms with van der Waals surface area (Å²) >= 11 is 0. The number of hydrogen-bond acceptors (Lipinski definition) is 3. The molecule has 0 unspecified atom stereocenters. The highest BCUT2D eigenvalue weighted by Crippen LogP contribution is 2.23. The summed E-state index contributed by atoms with van der Waals surface area (Å²) in [5.74, 6) is 0.542. The summed E-state index contributed by atoms with van der Waals surface area (Å²) in [5, 5.41) is 3.15. The van der Waals surface area contributed by atoms with Crippen LogP contribution in [0.2, 0.25) is 0 Å². The number of sulfonamides is 1. The van der Waals surface area contributed by atoms with Gasteiger partial charge >= 0.3 is 0 Å². The molecule has 6 heteroatoms. The Kier molecular flexibility index (Phi) is 6.35. The highest BCUT2D eigenvalue weighted by molar-refractivity contribution is 7.88. The number of nitrogens with one attached hydrogen (secondary N) is 1. The van der Waals surface area contributed by atoms with E-state index in [0.717, 1.165) is 37.7 Å². The topological polar surface area (TPSA) is 66.5 Å². The van der Waals surface area contributed by atoms with Crippen LogP contribution in [0.15, 0.2) is 24.3 Å². The summed E-state index contributed by atoms with van der Waals surface area (Å²) in [6.07, 6.45) is 9.92. The molecule has 0 atom stereocenters. The normalized spacial score (nSPS) is 20.8. The Bertz CT molecular complexity index is 701. The molecule has 1 aliphatic heterocycles. The minimum atomic E-state index is -3.06. The van der Waals surface area contributed by atoms with Gasteiger partial charge in [-0.05, 0) is 55.7 Å². The Hall–Kier alpha value is -1.40. The molecule has 1 saturated carbocycles. The zero-order chi connectivity index (χ0) is 18.6. The second kappa shape index (κ2) is 8.53. The molecule has 0 bridgehead atoms. The highest BCUT2D eigenvalue weighted by Gasteiger charge is 2.25. The smallest absolute Gasteiger partial charge is 0.251 e. The molecule has 0 radical (unpaired) electrons. The summed E-state index contributed by atoms with van der Waals surface area (Å²) in [7, 11) is -3.06. The molecule has 5 nitrogen and oxygen atoms in total. The molecule has 144 valence electrons. The van der Waals surface area contributed by atoms with Gasteiger partial charge in [-0.3, -0.25) is 4.79 Å². The molecule has 1 saturated heterocycles. The maximum absolute atomic E-state index is 12.4. The quantitative estimate of drug-likeness (QED) is 0.857. The molecule has 1 aromatic rings. The predicted molar refractivity (Wildman–Crippen MR) is 104 cm³/mol. The van der Waals surface area contributed by atoms with Gasteiger partial charge in [-0.25, -0.2) is 12.7 Å². The summed E-state index contributed by atoms with van der Waals surface area (Å²) in [5.41, 5.74) is 1.95. The minimum Gasteiger partial charge on any atom is -0.349 e. The van der Waals surface area contributed by atoms with E-state index in [0.29, 0.717) is 25.0 Å². The van der Waals surface area contributed by atoms with E-state index in [-0.39, 0.29) is 5.91 Å². The zero-order valence-corrected chi connectivity index (χ0v) is 16.4. The monoisotopic (exact) mass is 378 g/mol. The molecule has 3 rings (SSSR count). The number of carbonyl (C=O) groups excluding carboxylic acids is 1. The number of carbonyl (C=O) groups is 1. The fourth-order valence-corrected chi connectivity index (χ4v) is 4.96. The van der Waals surface area contributed by atoms with Crippen LogP contribution in [0.1, 0.15) is 60.9 Å². The van der Waals surface area contributed by atoms with Gasteiger partial charge < -0.3 is 5.32 Å².